The lowest BCUT2D eigenvalue weighted by Gasteiger charge is -2.21. The lowest BCUT2D eigenvalue weighted by molar-refractivity contribution is -0.161. The number of aliphatic hydroxyl groups excluding tert-OH is 1. The average Bonchev–Trinajstić information content (AvgIpc) is 0.908. The molecule has 0 radical (unpaired) electrons. The van der Waals surface area contributed by atoms with E-state index in [1.807, 2.05) is 0 Å². The molecule has 0 heterocycles. The van der Waals surface area contributed by atoms with Gasteiger partial charge in [0, 0.05) is 25.7 Å². The van der Waals surface area contributed by atoms with Gasteiger partial charge in [-0.2, -0.15) is 0 Å². The van der Waals surface area contributed by atoms with Crippen LogP contribution in [0, 0.1) is 17.8 Å². The fraction of sp³-hybridized carbons (Fsp3) is 0.953. The van der Waals surface area contributed by atoms with Gasteiger partial charge in [-0.3, -0.25) is 37.3 Å². The van der Waals surface area contributed by atoms with Crippen molar-refractivity contribution in [3.8, 4) is 0 Å². The van der Waals surface area contributed by atoms with Gasteiger partial charge in [-0.25, -0.2) is 9.13 Å². The van der Waals surface area contributed by atoms with Crippen LogP contribution in [0.3, 0.4) is 0 Å². The monoisotopic (exact) mass is 1520 g/mol. The normalized spacial score (nSPS) is 13.9. The number of carbonyl (C=O) groups is 4. The van der Waals surface area contributed by atoms with Crippen LogP contribution >= 0.6 is 15.6 Å². The Bertz CT molecular complexity index is 2010. The average molecular weight is 1520 g/mol. The van der Waals surface area contributed by atoms with Crippen molar-refractivity contribution in [1.82, 2.24) is 0 Å². The minimum Gasteiger partial charge on any atom is -0.462 e. The third-order valence-electron chi connectivity index (χ3n) is 19.9. The maximum atomic E-state index is 13.1. The molecule has 0 saturated heterocycles. The van der Waals surface area contributed by atoms with Crippen molar-refractivity contribution in [2.24, 2.45) is 17.8 Å². The van der Waals surface area contributed by atoms with Crippen LogP contribution in [0.4, 0.5) is 0 Å². The van der Waals surface area contributed by atoms with Crippen LogP contribution in [0.1, 0.15) is 447 Å². The van der Waals surface area contributed by atoms with Gasteiger partial charge in [0.05, 0.1) is 26.4 Å². The first-order valence-corrected chi connectivity index (χ1v) is 46.8. The first kappa shape index (κ1) is 102. The van der Waals surface area contributed by atoms with Crippen LogP contribution in [0.25, 0.3) is 0 Å². The summed E-state index contributed by atoms with van der Waals surface area (Å²) in [5, 5.41) is 10.7. The maximum Gasteiger partial charge on any atom is 0.472 e. The molecular formula is C85H166O17P2. The molecule has 618 valence electrons. The molecule has 17 nitrogen and oxygen atoms in total. The molecule has 0 spiro atoms. The van der Waals surface area contributed by atoms with Crippen LogP contribution in [0.5, 0.6) is 0 Å². The highest BCUT2D eigenvalue weighted by molar-refractivity contribution is 7.47. The third kappa shape index (κ3) is 78.2. The van der Waals surface area contributed by atoms with E-state index in [9.17, 15) is 43.2 Å². The molecular weight excluding hydrogens is 1350 g/mol. The number of phosphoric ester groups is 2. The molecule has 2 unspecified atom stereocenters. The van der Waals surface area contributed by atoms with E-state index in [-0.39, 0.29) is 25.7 Å². The first-order chi connectivity index (χ1) is 50.2. The van der Waals surface area contributed by atoms with Crippen LogP contribution in [0.15, 0.2) is 0 Å². The Balaban J connectivity index is 5.22. The highest BCUT2D eigenvalue weighted by atomic mass is 31.2. The fourth-order valence-corrected chi connectivity index (χ4v) is 14.8. The van der Waals surface area contributed by atoms with Crippen molar-refractivity contribution < 1.29 is 80.2 Å². The Kier molecular flexibility index (Phi) is 73.7. The van der Waals surface area contributed by atoms with Crippen molar-refractivity contribution in [2.45, 2.75) is 465 Å². The van der Waals surface area contributed by atoms with Gasteiger partial charge in [0.25, 0.3) is 0 Å². The predicted molar refractivity (Wildman–Crippen MR) is 428 cm³/mol. The van der Waals surface area contributed by atoms with E-state index >= 15 is 0 Å². The van der Waals surface area contributed by atoms with Gasteiger partial charge >= 0.3 is 39.5 Å². The zero-order valence-electron chi connectivity index (χ0n) is 68.5. The Morgan fingerprint density at radius 2 is 0.442 bits per heavy atom. The lowest BCUT2D eigenvalue weighted by Crippen LogP contribution is -2.30. The van der Waals surface area contributed by atoms with Crippen LogP contribution in [-0.4, -0.2) is 96.7 Å². The number of hydrogen-bond donors (Lipinski definition) is 3. The second-order valence-corrected chi connectivity index (χ2v) is 34.9. The highest BCUT2D eigenvalue weighted by Crippen LogP contribution is 2.45. The molecule has 0 bridgehead atoms. The number of aliphatic hydroxyl groups is 1. The van der Waals surface area contributed by atoms with Gasteiger partial charge in [-0.05, 0) is 43.4 Å². The molecule has 0 aromatic rings. The summed E-state index contributed by atoms with van der Waals surface area (Å²) in [4.78, 5) is 73.1. The third-order valence-corrected chi connectivity index (χ3v) is 21.8. The van der Waals surface area contributed by atoms with E-state index in [4.69, 9.17) is 37.0 Å². The molecule has 0 aliphatic carbocycles. The zero-order chi connectivity index (χ0) is 76.5. The Morgan fingerprint density at radius 1 is 0.260 bits per heavy atom. The Hall–Kier alpha value is -1.94. The number of rotatable bonds is 83. The summed E-state index contributed by atoms with van der Waals surface area (Å²) in [5.41, 5.74) is 0. The number of carbonyl (C=O) groups excluding carboxylic acids is 4. The molecule has 19 heteroatoms. The summed E-state index contributed by atoms with van der Waals surface area (Å²) >= 11 is 0. The molecule has 0 rings (SSSR count). The summed E-state index contributed by atoms with van der Waals surface area (Å²) in [6.07, 6.45) is 65.4. The smallest absolute Gasteiger partial charge is 0.462 e. The van der Waals surface area contributed by atoms with Crippen molar-refractivity contribution in [3.63, 3.8) is 0 Å². The number of esters is 4. The molecule has 5 atom stereocenters. The largest absolute Gasteiger partial charge is 0.472 e. The quantitative estimate of drug-likeness (QED) is 0.0222. The highest BCUT2D eigenvalue weighted by Gasteiger charge is 2.30. The number of ether oxygens (including phenoxy) is 4. The topological polar surface area (TPSA) is 237 Å². The molecule has 0 aliphatic heterocycles. The van der Waals surface area contributed by atoms with Gasteiger partial charge < -0.3 is 33.8 Å². The Labute approximate surface area is 638 Å². The summed E-state index contributed by atoms with van der Waals surface area (Å²) in [6.45, 7) is 12.0. The molecule has 0 aromatic carbocycles. The standard InChI is InChI=1S/C85H166O17P2/c1-8-9-10-11-12-13-14-15-16-17-25-30-35-40-45-54-62-69-85(90)102-81(73-96-83(88)67-60-53-48-47-51-58-65-78(6)7)75-100-104(93,94)98-71-79(86)70-97-103(91,92)99-74-80(101-84(89)68-61-55-46-41-36-31-26-21-19-23-28-33-38-43-50-57-64-77(4)5)72-95-82(87)66-59-52-44-39-34-29-24-20-18-22-27-32-37-42-49-56-63-76(2)3/h76-81,86H,8-75H2,1-7H3,(H,91,92)(H,93,94)/t79-,80-,81-/m1/s1. The summed E-state index contributed by atoms with van der Waals surface area (Å²) < 4.78 is 68.8. The van der Waals surface area contributed by atoms with Gasteiger partial charge in [-0.1, -0.05) is 395 Å². The van der Waals surface area contributed by atoms with Gasteiger partial charge in [-0.15, -0.1) is 0 Å². The zero-order valence-corrected chi connectivity index (χ0v) is 70.3. The fourth-order valence-electron chi connectivity index (χ4n) is 13.2. The van der Waals surface area contributed by atoms with Crippen molar-refractivity contribution >= 4 is 39.5 Å². The molecule has 0 aromatic heterocycles. The minimum absolute atomic E-state index is 0.107. The van der Waals surface area contributed by atoms with Crippen LogP contribution in [-0.2, 0) is 65.4 Å². The van der Waals surface area contributed by atoms with Crippen molar-refractivity contribution in [2.75, 3.05) is 39.6 Å². The predicted octanol–water partition coefficient (Wildman–Crippen LogP) is 25.7. The molecule has 0 amide bonds. The molecule has 0 aliphatic rings. The minimum atomic E-state index is -4.97. The summed E-state index contributed by atoms with van der Waals surface area (Å²) in [5.74, 6) is 0.194. The summed E-state index contributed by atoms with van der Waals surface area (Å²) in [7, 11) is -9.93. The van der Waals surface area contributed by atoms with Crippen LogP contribution < -0.4 is 0 Å². The Morgan fingerprint density at radius 3 is 0.654 bits per heavy atom. The number of phosphoric acid groups is 2. The first-order valence-electron chi connectivity index (χ1n) is 43.8. The van der Waals surface area contributed by atoms with Crippen molar-refractivity contribution in [1.29, 1.82) is 0 Å². The molecule has 104 heavy (non-hydrogen) atoms. The molecule has 0 saturated carbocycles. The summed E-state index contributed by atoms with van der Waals surface area (Å²) in [6, 6.07) is 0. The van der Waals surface area contributed by atoms with E-state index in [1.54, 1.807) is 0 Å². The second-order valence-electron chi connectivity index (χ2n) is 32.0. The van der Waals surface area contributed by atoms with Crippen LogP contribution in [0.2, 0.25) is 0 Å². The SMILES string of the molecule is CCCCCCCCCCCCCCCCCCCC(=O)O[C@H](COC(=O)CCCCCCCCC(C)C)COP(=O)(O)OC[C@H](O)COP(=O)(O)OC[C@@H](COC(=O)CCCCCCCCCCCCCCCCCCC(C)C)OC(=O)CCCCCCCCCCCCCCCCCCC(C)C. The van der Waals surface area contributed by atoms with Crippen molar-refractivity contribution in [3.05, 3.63) is 0 Å². The number of hydrogen-bond acceptors (Lipinski definition) is 15. The van der Waals surface area contributed by atoms with E-state index < -0.39 is 97.5 Å². The van der Waals surface area contributed by atoms with E-state index in [1.165, 1.54) is 250 Å². The molecule has 0 fully saturated rings. The van der Waals surface area contributed by atoms with Gasteiger partial charge in [0.1, 0.15) is 19.3 Å². The van der Waals surface area contributed by atoms with Gasteiger partial charge in [0.15, 0.2) is 12.2 Å². The van der Waals surface area contributed by atoms with Gasteiger partial charge in [0.2, 0.25) is 0 Å². The van der Waals surface area contributed by atoms with E-state index in [0.29, 0.717) is 31.6 Å². The van der Waals surface area contributed by atoms with E-state index in [2.05, 4.69) is 48.5 Å². The maximum absolute atomic E-state index is 13.1. The van der Waals surface area contributed by atoms with E-state index in [0.717, 1.165) is 108 Å². The molecule has 3 N–H and O–H groups in total. The number of unbranched alkanes of at least 4 members (excludes halogenated alkanes) is 51. The second kappa shape index (κ2) is 75.1. The lowest BCUT2D eigenvalue weighted by atomic mass is 10.0.